The summed E-state index contributed by atoms with van der Waals surface area (Å²) < 4.78 is 12.6. The molecule has 0 aliphatic carbocycles. The summed E-state index contributed by atoms with van der Waals surface area (Å²) in [4.78, 5) is 49.3. The highest BCUT2D eigenvalue weighted by atomic mass is 16.5. The van der Waals surface area contributed by atoms with Crippen LogP contribution in [0.3, 0.4) is 0 Å². The topological polar surface area (TPSA) is 99.6 Å². The normalized spacial score (nSPS) is 27.9. The summed E-state index contributed by atoms with van der Waals surface area (Å²) in [5.74, 6) is -2.21. The van der Waals surface area contributed by atoms with Gasteiger partial charge < -0.3 is 29.3 Å². The number of nitrogens with zero attached hydrogens (tertiary/aromatic N) is 3. The van der Waals surface area contributed by atoms with E-state index in [2.05, 4.69) is 13.2 Å². The molecule has 3 unspecified atom stereocenters. The molecule has 3 amide bonds. The van der Waals surface area contributed by atoms with Crippen LogP contribution in [0.15, 0.2) is 92.0 Å². The van der Waals surface area contributed by atoms with Gasteiger partial charge in [-0.05, 0) is 80.3 Å². The van der Waals surface area contributed by atoms with E-state index >= 15 is 4.79 Å². The number of hydrogen-bond donors (Lipinski definition) is 1. The fraction of sp³-hybridized carbons (Fsp3) is 0.410. The highest BCUT2D eigenvalue weighted by Crippen LogP contribution is 2.66. The molecule has 3 aromatic carbocycles. The standard InChI is InChI=1S/C39H45N3O6/c1-7-20-40(29-16-18-31(19-17-29)47-9-3)35(44)32-33-36(45)42(26(5)24-43)34(39(33)23-25(4)38(32,6)48-39)37(46)41(21-8-2)30-15-14-27-12-10-11-13-28(27)22-30/h7-8,10-19,22,25-26,32-34,43H,1-2,9,20-21,23-24H2,3-6H3/t25?,26-,32-,33+,34?,38+,39?/m1/s1. The van der Waals surface area contributed by atoms with Gasteiger partial charge in [0.1, 0.15) is 17.4 Å². The molecule has 1 spiro atoms. The van der Waals surface area contributed by atoms with Gasteiger partial charge in [0.2, 0.25) is 11.8 Å². The molecule has 7 atom stereocenters. The maximum atomic E-state index is 15.0. The minimum absolute atomic E-state index is 0.144. The molecule has 2 bridgehead atoms. The first-order valence-corrected chi connectivity index (χ1v) is 16.8. The van der Waals surface area contributed by atoms with Crippen LogP contribution < -0.4 is 14.5 Å². The highest BCUT2D eigenvalue weighted by molar-refractivity contribution is 6.07. The lowest BCUT2D eigenvalue weighted by atomic mass is 9.62. The maximum absolute atomic E-state index is 15.0. The number of likely N-dealkylation sites (tertiary alicyclic amines) is 1. The molecule has 3 heterocycles. The minimum Gasteiger partial charge on any atom is -0.494 e. The van der Waals surface area contributed by atoms with Crippen molar-refractivity contribution in [3.8, 4) is 5.75 Å². The Labute approximate surface area is 282 Å². The lowest BCUT2D eigenvalue weighted by Gasteiger charge is -2.39. The average Bonchev–Trinajstić information content (AvgIpc) is 3.61. The van der Waals surface area contributed by atoms with Gasteiger partial charge in [-0.2, -0.15) is 0 Å². The first-order chi connectivity index (χ1) is 23.1. The number of aliphatic hydroxyl groups excluding tert-OH is 1. The molecule has 0 saturated carbocycles. The van der Waals surface area contributed by atoms with Gasteiger partial charge in [0.25, 0.3) is 5.91 Å². The summed E-state index contributed by atoms with van der Waals surface area (Å²) in [6, 6.07) is 19.2. The van der Waals surface area contributed by atoms with E-state index in [9.17, 15) is 14.7 Å². The Morgan fingerprint density at radius 3 is 2.27 bits per heavy atom. The van der Waals surface area contributed by atoms with Gasteiger partial charge in [-0.1, -0.05) is 49.4 Å². The van der Waals surface area contributed by atoms with E-state index in [1.54, 1.807) is 28.9 Å². The number of amides is 3. The Balaban J connectivity index is 1.44. The maximum Gasteiger partial charge on any atom is 0.253 e. The molecular formula is C39H45N3O6. The molecule has 1 N–H and O–H groups in total. The Kier molecular flexibility index (Phi) is 8.96. The van der Waals surface area contributed by atoms with E-state index in [1.165, 1.54) is 4.90 Å². The van der Waals surface area contributed by atoms with Crippen LogP contribution in [-0.2, 0) is 19.1 Å². The van der Waals surface area contributed by atoms with Crippen LogP contribution in [0.2, 0.25) is 0 Å². The first-order valence-electron chi connectivity index (χ1n) is 16.8. The highest BCUT2D eigenvalue weighted by Gasteiger charge is 2.80. The molecule has 6 rings (SSSR count). The van der Waals surface area contributed by atoms with E-state index in [4.69, 9.17) is 9.47 Å². The SMILES string of the molecule is C=CCN(C(=O)C1N([C@H](C)CO)C(=O)[C@@H]2[C@H](C(=O)N(CC=C)c3ccc(OCC)cc3)[C@@]3(C)OC12CC3C)c1ccc2ccccc2c1. The zero-order valence-corrected chi connectivity index (χ0v) is 28.2. The van der Waals surface area contributed by atoms with Crippen molar-refractivity contribution in [1.82, 2.24) is 4.90 Å². The lowest BCUT2D eigenvalue weighted by Crippen LogP contribution is -2.58. The zero-order chi connectivity index (χ0) is 34.4. The van der Waals surface area contributed by atoms with Crippen LogP contribution in [0, 0.1) is 17.8 Å². The molecule has 3 aromatic rings. The van der Waals surface area contributed by atoms with Crippen LogP contribution in [0.25, 0.3) is 10.8 Å². The van der Waals surface area contributed by atoms with Crippen molar-refractivity contribution in [1.29, 1.82) is 0 Å². The number of carbonyl (C=O) groups is 3. The third kappa shape index (κ3) is 5.11. The monoisotopic (exact) mass is 651 g/mol. The summed E-state index contributed by atoms with van der Waals surface area (Å²) in [7, 11) is 0. The number of hydrogen-bond acceptors (Lipinski definition) is 6. The van der Waals surface area contributed by atoms with Gasteiger partial charge >= 0.3 is 0 Å². The Morgan fingerprint density at radius 2 is 1.65 bits per heavy atom. The molecule has 48 heavy (non-hydrogen) atoms. The third-order valence-electron chi connectivity index (χ3n) is 10.7. The van der Waals surface area contributed by atoms with E-state index in [-0.39, 0.29) is 43.3 Å². The smallest absolute Gasteiger partial charge is 0.253 e. The number of benzene rings is 3. The van der Waals surface area contributed by atoms with Crippen LogP contribution >= 0.6 is 0 Å². The molecule has 3 aliphatic rings. The second kappa shape index (κ2) is 12.9. The van der Waals surface area contributed by atoms with Crippen molar-refractivity contribution >= 4 is 39.9 Å². The quantitative estimate of drug-likeness (QED) is 0.265. The van der Waals surface area contributed by atoms with Crippen molar-refractivity contribution < 1.29 is 29.0 Å². The Bertz CT molecular complexity index is 1740. The molecular weight excluding hydrogens is 606 g/mol. The largest absolute Gasteiger partial charge is 0.494 e. The molecule has 3 fully saturated rings. The predicted molar refractivity (Wildman–Crippen MR) is 187 cm³/mol. The molecule has 9 heteroatoms. The van der Waals surface area contributed by atoms with Crippen molar-refractivity contribution in [3.63, 3.8) is 0 Å². The molecule has 252 valence electrons. The molecule has 0 radical (unpaired) electrons. The van der Waals surface area contributed by atoms with Gasteiger partial charge in [-0.3, -0.25) is 14.4 Å². The average molecular weight is 652 g/mol. The Morgan fingerprint density at radius 1 is 1.02 bits per heavy atom. The number of rotatable bonds is 12. The van der Waals surface area contributed by atoms with Crippen molar-refractivity contribution in [2.45, 2.75) is 57.4 Å². The van der Waals surface area contributed by atoms with Crippen molar-refractivity contribution in [2.24, 2.45) is 17.8 Å². The minimum atomic E-state index is -1.28. The zero-order valence-electron chi connectivity index (χ0n) is 28.2. The van der Waals surface area contributed by atoms with Gasteiger partial charge in [0.05, 0.1) is 36.7 Å². The van der Waals surface area contributed by atoms with Gasteiger partial charge in [0.15, 0.2) is 0 Å². The van der Waals surface area contributed by atoms with Crippen LogP contribution in [0.5, 0.6) is 5.75 Å². The summed E-state index contributed by atoms with van der Waals surface area (Å²) in [6.45, 7) is 16.0. The summed E-state index contributed by atoms with van der Waals surface area (Å²) in [5, 5.41) is 12.4. The van der Waals surface area contributed by atoms with Gasteiger partial charge in [-0.15, -0.1) is 13.2 Å². The molecule has 9 nitrogen and oxygen atoms in total. The van der Waals surface area contributed by atoms with Crippen molar-refractivity contribution in [2.75, 3.05) is 36.1 Å². The van der Waals surface area contributed by atoms with Gasteiger partial charge in [-0.25, -0.2) is 0 Å². The first kappa shape index (κ1) is 33.4. The summed E-state index contributed by atoms with van der Waals surface area (Å²) in [5.41, 5.74) is -0.985. The third-order valence-corrected chi connectivity index (χ3v) is 10.7. The van der Waals surface area contributed by atoms with Crippen LogP contribution in [0.1, 0.15) is 34.1 Å². The molecule has 0 aromatic heterocycles. The van der Waals surface area contributed by atoms with E-state index in [0.29, 0.717) is 30.2 Å². The fourth-order valence-corrected chi connectivity index (χ4v) is 8.35. The Hall–Kier alpha value is -4.47. The predicted octanol–water partition coefficient (Wildman–Crippen LogP) is 5.37. The number of ether oxygens (including phenoxy) is 2. The second-order valence-electron chi connectivity index (χ2n) is 13.4. The van der Waals surface area contributed by atoms with Crippen LogP contribution in [0.4, 0.5) is 11.4 Å². The molecule has 3 saturated heterocycles. The lowest BCUT2D eigenvalue weighted by molar-refractivity contribution is -0.148. The van der Waals surface area contributed by atoms with Gasteiger partial charge in [0, 0.05) is 24.5 Å². The fourth-order valence-electron chi connectivity index (χ4n) is 8.35. The van der Waals surface area contributed by atoms with Crippen LogP contribution in [-0.4, -0.2) is 77.3 Å². The summed E-state index contributed by atoms with van der Waals surface area (Å²) in [6.07, 6.45) is 3.73. The van der Waals surface area contributed by atoms with Crippen molar-refractivity contribution in [3.05, 3.63) is 92.0 Å². The number of anilines is 2. The number of carbonyl (C=O) groups excluding carboxylic acids is 3. The number of fused-ring (bicyclic) bond motifs is 2. The second-order valence-corrected chi connectivity index (χ2v) is 13.4. The number of aliphatic hydroxyl groups is 1. The van der Waals surface area contributed by atoms with E-state index < -0.39 is 35.1 Å². The summed E-state index contributed by atoms with van der Waals surface area (Å²) >= 11 is 0. The molecule has 3 aliphatic heterocycles. The van der Waals surface area contributed by atoms with E-state index in [0.717, 1.165) is 10.8 Å². The van der Waals surface area contributed by atoms with E-state index in [1.807, 2.05) is 87.5 Å².